The summed E-state index contributed by atoms with van der Waals surface area (Å²) in [6, 6.07) is 0. The Morgan fingerprint density at radius 2 is 1.85 bits per heavy atom. The largest absolute Gasteiger partial charge is 0.465 e. The summed E-state index contributed by atoms with van der Waals surface area (Å²) >= 11 is 0. The maximum Gasteiger partial charge on any atom is 0.305 e. The molecule has 3 nitrogen and oxygen atoms in total. The summed E-state index contributed by atoms with van der Waals surface area (Å²) in [6.07, 6.45) is 1.05. The van der Waals surface area contributed by atoms with Gasteiger partial charge in [0.15, 0.2) is 0 Å². The standard InChI is InChI=1S/C10H18O3/c1-5-9(12)13-7-10(4,6-2)8(3)11/h5-7H2,1-4H3/t10-/m0/s1. The van der Waals surface area contributed by atoms with Crippen LogP contribution in [0.5, 0.6) is 0 Å². The normalized spacial score (nSPS) is 14.8. The molecule has 0 rings (SSSR count). The lowest BCUT2D eigenvalue weighted by Crippen LogP contribution is -2.31. The van der Waals surface area contributed by atoms with Gasteiger partial charge in [0.1, 0.15) is 12.4 Å². The number of ketones is 1. The van der Waals surface area contributed by atoms with Crippen LogP contribution in [-0.4, -0.2) is 18.4 Å². The van der Waals surface area contributed by atoms with Crippen LogP contribution in [0.15, 0.2) is 0 Å². The lowest BCUT2D eigenvalue weighted by atomic mass is 9.85. The Morgan fingerprint density at radius 1 is 1.31 bits per heavy atom. The van der Waals surface area contributed by atoms with Crippen LogP contribution in [0.25, 0.3) is 0 Å². The summed E-state index contributed by atoms with van der Waals surface area (Å²) in [5, 5.41) is 0. The summed E-state index contributed by atoms with van der Waals surface area (Å²) in [4.78, 5) is 22.1. The molecule has 0 N–H and O–H groups in total. The van der Waals surface area contributed by atoms with Crippen LogP contribution in [0.4, 0.5) is 0 Å². The summed E-state index contributed by atoms with van der Waals surface area (Å²) in [5.74, 6) is -0.181. The van der Waals surface area contributed by atoms with Crippen LogP contribution in [0.3, 0.4) is 0 Å². The highest BCUT2D eigenvalue weighted by molar-refractivity contribution is 5.82. The highest BCUT2D eigenvalue weighted by atomic mass is 16.5. The van der Waals surface area contributed by atoms with E-state index in [1.807, 2.05) is 13.8 Å². The smallest absolute Gasteiger partial charge is 0.305 e. The quantitative estimate of drug-likeness (QED) is 0.616. The van der Waals surface area contributed by atoms with Crippen molar-refractivity contribution in [2.45, 2.75) is 40.5 Å². The van der Waals surface area contributed by atoms with Crippen LogP contribution in [0, 0.1) is 5.41 Å². The Bertz CT molecular complexity index is 198. The van der Waals surface area contributed by atoms with Gasteiger partial charge in [0, 0.05) is 6.42 Å². The Kier molecular flexibility index (Phi) is 4.67. The van der Waals surface area contributed by atoms with E-state index in [0.29, 0.717) is 12.8 Å². The summed E-state index contributed by atoms with van der Waals surface area (Å²) in [5.41, 5.74) is -0.509. The molecular weight excluding hydrogens is 168 g/mol. The van der Waals surface area contributed by atoms with Crippen LogP contribution >= 0.6 is 0 Å². The number of hydrogen-bond acceptors (Lipinski definition) is 3. The molecule has 0 heterocycles. The van der Waals surface area contributed by atoms with Gasteiger partial charge in [-0.25, -0.2) is 0 Å². The maximum atomic E-state index is 11.2. The molecular formula is C10H18O3. The molecule has 0 radical (unpaired) electrons. The van der Waals surface area contributed by atoms with E-state index in [2.05, 4.69) is 0 Å². The molecule has 1 atom stereocenters. The molecule has 0 amide bonds. The average molecular weight is 186 g/mol. The molecule has 0 unspecified atom stereocenters. The van der Waals surface area contributed by atoms with Gasteiger partial charge in [0.25, 0.3) is 0 Å². The van der Waals surface area contributed by atoms with Gasteiger partial charge >= 0.3 is 5.97 Å². The third-order valence-electron chi connectivity index (χ3n) is 2.47. The Balaban J connectivity index is 4.13. The number of esters is 1. The number of rotatable bonds is 5. The van der Waals surface area contributed by atoms with Gasteiger partial charge in [-0.15, -0.1) is 0 Å². The van der Waals surface area contributed by atoms with E-state index in [4.69, 9.17) is 4.74 Å². The van der Waals surface area contributed by atoms with Gasteiger partial charge in [-0.05, 0) is 20.3 Å². The predicted molar refractivity (Wildman–Crippen MR) is 50.3 cm³/mol. The predicted octanol–water partition coefficient (Wildman–Crippen LogP) is 1.94. The topological polar surface area (TPSA) is 43.4 Å². The van der Waals surface area contributed by atoms with Gasteiger partial charge in [0.05, 0.1) is 5.41 Å². The molecule has 0 saturated heterocycles. The molecule has 3 heteroatoms. The first-order valence-corrected chi connectivity index (χ1v) is 4.63. The van der Waals surface area contributed by atoms with Crippen LogP contribution in [0.2, 0.25) is 0 Å². The fourth-order valence-electron chi connectivity index (χ4n) is 0.794. The zero-order valence-corrected chi connectivity index (χ0v) is 8.85. The Morgan fingerprint density at radius 3 is 2.15 bits per heavy atom. The first kappa shape index (κ1) is 12.1. The second-order valence-corrected chi connectivity index (χ2v) is 3.48. The van der Waals surface area contributed by atoms with Crippen molar-refractivity contribution >= 4 is 11.8 Å². The molecule has 76 valence electrons. The maximum absolute atomic E-state index is 11.2. The highest BCUT2D eigenvalue weighted by Gasteiger charge is 2.29. The number of carbonyl (C=O) groups excluding carboxylic acids is 2. The average Bonchev–Trinajstić information content (AvgIpc) is 2.13. The van der Waals surface area contributed by atoms with Crippen molar-refractivity contribution in [1.29, 1.82) is 0 Å². The van der Waals surface area contributed by atoms with E-state index in [9.17, 15) is 9.59 Å². The minimum absolute atomic E-state index is 0.0684. The summed E-state index contributed by atoms with van der Waals surface area (Å²) in [7, 11) is 0. The highest BCUT2D eigenvalue weighted by Crippen LogP contribution is 2.22. The van der Waals surface area contributed by atoms with E-state index in [1.165, 1.54) is 6.92 Å². The Hall–Kier alpha value is -0.860. The van der Waals surface area contributed by atoms with Crippen molar-refractivity contribution in [3.05, 3.63) is 0 Å². The third-order valence-corrected chi connectivity index (χ3v) is 2.47. The van der Waals surface area contributed by atoms with E-state index >= 15 is 0 Å². The van der Waals surface area contributed by atoms with Crippen LogP contribution in [-0.2, 0) is 14.3 Å². The third kappa shape index (κ3) is 3.57. The van der Waals surface area contributed by atoms with Crippen molar-refractivity contribution in [3.8, 4) is 0 Å². The molecule has 0 aliphatic rings. The number of ether oxygens (including phenoxy) is 1. The molecule has 0 bridgehead atoms. The zero-order chi connectivity index (χ0) is 10.5. The van der Waals surface area contributed by atoms with Gasteiger partial charge in [-0.2, -0.15) is 0 Å². The van der Waals surface area contributed by atoms with E-state index in [-0.39, 0.29) is 18.4 Å². The molecule has 0 fully saturated rings. The van der Waals surface area contributed by atoms with E-state index < -0.39 is 5.41 Å². The van der Waals surface area contributed by atoms with E-state index in [0.717, 1.165) is 0 Å². The van der Waals surface area contributed by atoms with Crippen molar-refractivity contribution in [2.24, 2.45) is 5.41 Å². The van der Waals surface area contributed by atoms with Crippen LogP contribution in [0.1, 0.15) is 40.5 Å². The molecule has 13 heavy (non-hydrogen) atoms. The molecule has 0 aromatic carbocycles. The second-order valence-electron chi connectivity index (χ2n) is 3.48. The van der Waals surface area contributed by atoms with Crippen LogP contribution < -0.4 is 0 Å². The van der Waals surface area contributed by atoms with Crippen molar-refractivity contribution in [1.82, 2.24) is 0 Å². The fourth-order valence-corrected chi connectivity index (χ4v) is 0.794. The molecule has 0 aliphatic carbocycles. The van der Waals surface area contributed by atoms with Crippen molar-refractivity contribution in [3.63, 3.8) is 0 Å². The van der Waals surface area contributed by atoms with Gasteiger partial charge in [-0.1, -0.05) is 13.8 Å². The first-order valence-electron chi connectivity index (χ1n) is 4.63. The summed E-state index contributed by atoms with van der Waals surface area (Å²) < 4.78 is 4.95. The number of hydrogen-bond donors (Lipinski definition) is 0. The van der Waals surface area contributed by atoms with Crippen molar-refractivity contribution < 1.29 is 14.3 Å². The monoisotopic (exact) mass is 186 g/mol. The first-order chi connectivity index (χ1) is 5.96. The molecule has 0 aromatic rings. The zero-order valence-electron chi connectivity index (χ0n) is 8.85. The minimum Gasteiger partial charge on any atom is -0.465 e. The Labute approximate surface area is 79.5 Å². The number of carbonyl (C=O) groups is 2. The van der Waals surface area contributed by atoms with E-state index in [1.54, 1.807) is 6.92 Å². The van der Waals surface area contributed by atoms with Crippen molar-refractivity contribution in [2.75, 3.05) is 6.61 Å². The lowest BCUT2D eigenvalue weighted by Gasteiger charge is -2.24. The lowest BCUT2D eigenvalue weighted by molar-refractivity contribution is -0.149. The fraction of sp³-hybridized carbons (Fsp3) is 0.800. The SMILES string of the molecule is CCC(=O)OC[C@](C)(CC)C(C)=O. The molecule has 0 saturated carbocycles. The van der Waals surface area contributed by atoms with Gasteiger partial charge in [0.2, 0.25) is 0 Å². The van der Waals surface area contributed by atoms with Gasteiger partial charge < -0.3 is 4.74 Å². The molecule has 0 aromatic heterocycles. The summed E-state index contributed by atoms with van der Waals surface area (Å²) in [6.45, 7) is 7.20. The number of Topliss-reactive ketones (excluding diaryl/α,β-unsaturated/α-hetero) is 1. The minimum atomic E-state index is -0.509. The second kappa shape index (κ2) is 5.00. The molecule has 0 spiro atoms. The molecule has 0 aliphatic heterocycles. The van der Waals surface area contributed by atoms with Gasteiger partial charge in [-0.3, -0.25) is 9.59 Å².